The first-order chi connectivity index (χ1) is 16.8. The highest BCUT2D eigenvalue weighted by atomic mass is 16.6. The minimum Gasteiger partial charge on any atom is -0.492 e. The van der Waals surface area contributed by atoms with E-state index >= 15 is 0 Å². The maximum absolute atomic E-state index is 12.3. The molecule has 0 spiro atoms. The average Bonchev–Trinajstić information content (AvgIpc) is 3.27. The zero-order chi connectivity index (χ0) is 24.9. The Kier molecular flexibility index (Phi) is 6.79. The fourth-order valence-corrected chi connectivity index (χ4v) is 7.41. The number of hydrogen-bond donors (Lipinski definition) is 2. The molecule has 6 unspecified atom stereocenters. The normalized spacial score (nSPS) is 39.1. The molecule has 0 aromatic heterocycles. The van der Waals surface area contributed by atoms with Gasteiger partial charge in [0.15, 0.2) is 11.5 Å². The summed E-state index contributed by atoms with van der Waals surface area (Å²) in [5.41, 5.74) is -0.492. The molecular formula is C28H41NO6. The fourth-order valence-electron chi connectivity index (χ4n) is 7.41. The van der Waals surface area contributed by atoms with Crippen LogP contribution in [-0.4, -0.2) is 58.5 Å². The molecule has 2 N–H and O–H groups in total. The Morgan fingerprint density at radius 2 is 2.06 bits per heavy atom. The van der Waals surface area contributed by atoms with Crippen LogP contribution in [0.2, 0.25) is 0 Å². The van der Waals surface area contributed by atoms with Crippen molar-refractivity contribution in [2.75, 3.05) is 13.7 Å². The molecule has 6 atom stereocenters. The van der Waals surface area contributed by atoms with Gasteiger partial charge in [-0.25, -0.2) is 4.79 Å². The topological polar surface area (TPSA) is 88.5 Å². The number of cyclic esters (lactones) is 1. The van der Waals surface area contributed by atoms with Crippen molar-refractivity contribution in [1.29, 1.82) is 0 Å². The number of carbonyl (C=O) groups is 1. The first kappa shape index (κ1) is 24.8. The number of piperidine rings is 2. The number of fused-ring (bicyclic) bond motifs is 2. The van der Waals surface area contributed by atoms with Gasteiger partial charge in [0.25, 0.3) is 0 Å². The lowest BCUT2D eigenvalue weighted by Crippen LogP contribution is -2.65. The van der Waals surface area contributed by atoms with E-state index in [4.69, 9.17) is 14.2 Å². The molecule has 0 saturated carbocycles. The van der Waals surface area contributed by atoms with Gasteiger partial charge in [-0.1, -0.05) is 40.0 Å². The summed E-state index contributed by atoms with van der Waals surface area (Å²) >= 11 is 0. The van der Waals surface area contributed by atoms with Gasteiger partial charge in [0.05, 0.1) is 19.3 Å². The average molecular weight is 488 g/mol. The molecule has 5 aliphatic heterocycles. The standard InChI is InChI=1S/C28H41NO6/c1-16(2)7-6-13-28(32)14-12-18-10-11-21-23(20-8-5-9-22(28)29(18)20)17(3)24(34-21)26-25(33-4)19(15-30)27(31)35-26/h11,16-18,20,22-23,30,32H,5-10,12-15H2,1-4H3. The maximum atomic E-state index is 12.3. The summed E-state index contributed by atoms with van der Waals surface area (Å²) in [7, 11) is 1.48. The second-order valence-corrected chi connectivity index (χ2v) is 11.6. The number of allylic oxidation sites excluding steroid dienone is 1. The number of esters is 1. The quantitative estimate of drug-likeness (QED) is 0.544. The molecule has 3 fully saturated rings. The summed E-state index contributed by atoms with van der Waals surface area (Å²) in [6, 6.07) is 0.894. The highest BCUT2D eigenvalue weighted by Gasteiger charge is 2.56. The Morgan fingerprint density at radius 3 is 2.77 bits per heavy atom. The van der Waals surface area contributed by atoms with Crippen LogP contribution in [-0.2, 0) is 19.0 Å². The van der Waals surface area contributed by atoms with E-state index in [1.807, 2.05) is 0 Å². The Bertz CT molecular complexity index is 951. The van der Waals surface area contributed by atoms with Crippen LogP contribution in [0.3, 0.4) is 0 Å². The zero-order valence-electron chi connectivity index (χ0n) is 21.6. The number of rotatable bonds is 6. The van der Waals surface area contributed by atoms with E-state index in [1.165, 1.54) is 7.11 Å². The Labute approximate surface area is 208 Å². The van der Waals surface area contributed by atoms with Gasteiger partial charge in [0, 0.05) is 30.0 Å². The molecule has 0 aromatic rings. The van der Waals surface area contributed by atoms with Crippen molar-refractivity contribution in [3.05, 3.63) is 34.7 Å². The molecule has 5 aliphatic rings. The summed E-state index contributed by atoms with van der Waals surface area (Å²) < 4.78 is 17.4. The number of hydrogen-bond acceptors (Lipinski definition) is 7. The monoisotopic (exact) mass is 487 g/mol. The van der Waals surface area contributed by atoms with Crippen LogP contribution in [0, 0.1) is 17.8 Å². The lowest BCUT2D eigenvalue weighted by molar-refractivity contribution is -0.143. The van der Waals surface area contributed by atoms with Gasteiger partial charge in [0.2, 0.25) is 5.76 Å². The van der Waals surface area contributed by atoms with Crippen molar-refractivity contribution in [3.8, 4) is 0 Å². The van der Waals surface area contributed by atoms with E-state index in [0.717, 1.165) is 63.5 Å². The third-order valence-electron chi connectivity index (χ3n) is 9.09. The SMILES string of the molecule is COC1=C(CO)C(=O)OC1=C1OC2=CCC3CCC(O)(CCCC(C)C)C4CCCC(C2C1C)N34. The first-order valence-corrected chi connectivity index (χ1v) is 13.5. The predicted molar refractivity (Wildman–Crippen MR) is 131 cm³/mol. The van der Waals surface area contributed by atoms with Crippen LogP contribution in [0.1, 0.15) is 78.6 Å². The van der Waals surface area contributed by atoms with Crippen molar-refractivity contribution < 1.29 is 29.2 Å². The van der Waals surface area contributed by atoms with Crippen molar-refractivity contribution in [1.82, 2.24) is 4.90 Å². The maximum Gasteiger partial charge on any atom is 0.345 e. The Balaban J connectivity index is 1.46. The number of aliphatic hydroxyl groups is 2. The van der Waals surface area contributed by atoms with E-state index in [2.05, 4.69) is 31.7 Å². The summed E-state index contributed by atoms with van der Waals surface area (Å²) in [5.74, 6) is 2.34. The highest BCUT2D eigenvalue weighted by molar-refractivity contribution is 5.94. The second kappa shape index (κ2) is 9.56. The van der Waals surface area contributed by atoms with E-state index in [1.54, 1.807) is 0 Å². The highest BCUT2D eigenvalue weighted by Crippen LogP contribution is 2.53. The Hall–Kier alpha value is -1.83. The van der Waals surface area contributed by atoms with E-state index in [9.17, 15) is 15.0 Å². The lowest BCUT2D eigenvalue weighted by atomic mass is 9.70. The smallest absolute Gasteiger partial charge is 0.345 e. The summed E-state index contributed by atoms with van der Waals surface area (Å²) in [6.45, 7) is 6.20. The van der Waals surface area contributed by atoms with Crippen molar-refractivity contribution in [2.24, 2.45) is 17.8 Å². The van der Waals surface area contributed by atoms with Gasteiger partial charge in [-0.15, -0.1) is 0 Å². The number of nitrogens with zero attached hydrogens (tertiary/aromatic N) is 1. The van der Waals surface area contributed by atoms with Gasteiger partial charge in [0.1, 0.15) is 11.3 Å². The molecule has 0 aliphatic carbocycles. The van der Waals surface area contributed by atoms with Crippen LogP contribution in [0.15, 0.2) is 34.7 Å². The van der Waals surface area contributed by atoms with Crippen molar-refractivity contribution in [2.45, 2.75) is 102 Å². The van der Waals surface area contributed by atoms with Crippen LogP contribution in [0.5, 0.6) is 0 Å². The van der Waals surface area contributed by atoms with Crippen molar-refractivity contribution >= 4 is 5.97 Å². The molecule has 0 radical (unpaired) electrons. The zero-order valence-corrected chi connectivity index (χ0v) is 21.6. The number of methoxy groups -OCH3 is 1. The molecule has 3 saturated heterocycles. The molecule has 0 aromatic carbocycles. The first-order valence-electron chi connectivity index (χ1n) is 13.5. The van der Waals surface area contributed by atoms with E-state index < -0.39 is 18.2 Å². The van der Waals surface area contributed by atoms with Crippen LogP contribution in [0.25, 0.3) is 0 Å². The van der Waals surface area contributed by atoms with Gasteiger partial charge in [-0.05, 0) is 50.5 Å². The fraction of sp³-hybridized carbons (Fsp3) is 0.750. The molecule has 5 rings (SSSR count). The summed E-state index contributed by atoms with van der Waals surface area (Å²) in [6.07, 6.45) is 11.3. The minimum absolute atomic E-state index is 0.00861. The molecule has 0 amide bonds. The third kappa shape index (κ3) is 4.13. The number of aliphatic hydroxyl groups excluding tert-OH is 1. The molecular weight excluding hydrogens is 446 g/mol. The van der Waals surface area contributed by atoms with E-state index in [-0.39, 0.29) is 35.3 Å². The molecule has 7 nitrogen and oxygen atoms in total. The molecule has 0 bridgehead atoms. The minimum atomic E-state index is -0.623. The predicted octanol–water partition coefficient (Wildman–Crippen LogP) is 4.16. The lowest BCUT2D eigenvalue weighted by Gasteiger charge is -2.57. The van der Waals surface area contributed by atoms with Gasteiger partial charge in [-0.2, -0.15) is 0 Å². The third-order valence-corrected chi connectivity index (χ3v) is 9.09. The van der Waals surface area contributed by atoms with Gasteiger partial charge in [-0.3, -0.25) is 4.90 Å². The summed E-state index contributed by atoms with van der Waals surface area (Å²) in [4.78, 5) is 15.0. The van der Waals surface area contributed by atoms with Crippen molar-refractivity contribution in [3.63, 3.8) is 0 Å². The second-order valence-electron chi connectivity index (χ2n) is 11.6. The van der Waals surface area contributed by atoms with Crippen LogP contribution >= 0.6 is 0 Å². The summed E-state index contributed by atoms with van der Waals surface area (Å²) in [5, 5.41) is 21.6. The van der Waals surface area contributed by atoms with Gasteiger partial charge >= 0.3 is 5.97 Å². The Morgan fingerprint density at radius 1 is 1.26 bits per heavy atom. The van der Waals surface area contributed by atoms with Crippen LogP contribution < -0.4 is 0 Å². The number of ether oxygens (including phenoxy) is 3. The number of carbonyl (C=O) groups excluding carboxylic acids is 1. The van der Waals surface area contributed by atoms with E-state index in [0.29, 0.717) is 23.5 Å². The van der Waals surface area contributed by atoms with Crippen LogP contribution in [0.4, 0.5) is 0 Å². The largest absolute Gasteiger partial charge is 0.492 e. The molecule has 35 heavy (non-hydrogen) atoms. The molecule has 5 heterocycles. The molecule has 194 valence electrons. The molecule has 7 heteroatoms. The van der Waals surface area contributed by atoms with Gasteiger partial charge < -0.3 is 24.4 Å².